The summed E-state index contributed by atoms with van der Waals surface area (Å²) in [5, 5.41) is 2.97. The molecule has 1 aliphatic heterocycles. The average molecular weight is 364 g/mol. The van der Waals surface area contributed by atoms with Crippen LogP contribution in [0.15, 0.2) is 42.7 Å². The van der Waals surface area contributed by atoms with Gasteiger partial charge < -0.3 is 19.5 Å². The number of rotatable bonds is 4. The highest BCUT2D eigenvalue weighted by atomic mass is 16.5. The molecule has 0 radical (unpaired) electrons. The molecular formula is C21H24N4O2. The average Bonchev–Trinajstić information content (AvgIpc) is 3.05. The molecule has 2 heterocycles. The number of carbonyl (C=O) groups is 1. The SMILES string of the molecule is Cc1cc2ncn(CC(=O)Nc3ccc(N4CCOCC4)cc3)c2cc1C. The number of anilines is 2. The van der Waals surface area contributed by atoms with Crippen molar-refractivity contribution in [2.24, 2.45) is 0 Å². The van der Waals surface area contributed by atoms with E-state index in [0.717, 1.165) is 48.7 Å². The highest BCUT2D eigenvalue weighted by Gasteiger charge is 2.12. The number of hydrogen-bond acceptors (Lipinski definition) is 4. The van der Waals surface area contributed by atoms with Crippen LogP contribution in [0.5, 0.6) is 0 Å². The van der Waals surface area contributed by atoms with Crippen molar-refractivity contribution in [3.05, 3.63) is 53.9 Å². The standard InChI is InChI=1S/C21H24N4O2/c1-15-11-19-20(12-16(15)2)25(14-22-19)13-21(26)23-17-3-5-18(6-4-17)24-7-9-27-10-8-24/h3-6,11-12,14H,7-10,13H2,1-2H3,(H,23,26). The van der Waals surface area contributed by atoms with Gasteiger partial charge in [0.05, 0.1) is 30.6 Å². The molecule has 27 heavy (non-hydrogen) atoms. The van der Waals surface area contributed by atoms with Crippen LogP contribution in [-0.4, -0.2) is 41.8 Å². The lowest BCUT2D eigenvalue weighted by Gasteiger charge is -2.28. The second kappa shape index (κ2) is 7.40. The molecular weight excluding hydrogens is 340 g/mol. The molecule has 4 rings (SSSR count). The molecule has 1 aliphatic rings. The van der Waals surface area contributed by atoms with Crippen LogP contribution < -0.4 is 10.2 Å². The van der Waals surface area contributed by atoms with E-state index in [9.17, 15) is 4.79 Å². The Morgan fingerprint density at radius 1 is 1.11 bits per heavy atom. The van der Waals surface area contributed by atoms with E-state index in [-0.39, 0.29) is 12.5 Å². The van der Waals surface area contributed by atoms with Crippen molar-refractivity contribution < 1.29 is 9.53 Å². The van der Waals surface area contributed by atoms with Gasteiger partial charge in [-0.1, -0.05) is 0 Å². The number of hydrogen-bond donors (Lipinski definition) is 1. The minimum atomic E-state index is -0.0633. The first-order valence-electron chi connectivity index (χ1n) is 9.25. The maximum Gasteiger partial charge on any atom is 0.244 e. The van der Waals surface area contributed by atoms with Crippen molar-refractivity contribution in [2.75, 3.05) is 36.5 Å². The highest BCUT2D eigenvalue weighted by Crippen LogP contribution is 2.20. The fourth-order valence-electron chi connectivity index (χ4n) is 3.37. The van der Waals surface area contributed by atoms with Gasteiger partial charge in [-0.15, -0.1) is 0 Å². The Morgan fingerprint density at radius 2 is 1.81 bits per heavy atom. The Morgan fingerprint density at radius 3 is 2.56 bits per heavy atom. The van der Waals surface area contributed by atoms with E-state index in [1.54, 1.807) is 6.33 Å². The fraction of sp³-hybridized carbons (Fsp3) is 0.333. The Kier molecular flexibility index (Phi) is 4.81. The monoisotopic (exact) mass is 364 g/mol. The van der Waals surface area contributed by atoms with Crippen LogP contribution in [0.25, 0.3) is 11.0 Å². The van der Waals surface area contributed by atoms with Crippen molar-refractivity contribution in [1.29, 1.82) is 0 Å². The van der Waals surface area contributed by atoms with Crippen LogP contribution in [0.2, 0.25) is 0 Å². The van der Waals surface area contributed by atoms with Crippen molar-refractivity contribution in [3.8, 4) is 0 Å². The molecule has 1 saturated heterocycles. The number of nitrogens with zero attached hydrogens (tertiary/aromatic N) is 3. The molecule has 6 nitrogen and oxygen atoms in total. The molecule has 1 N–H and O–H groups in total. The Labute approximate surface area is 158 Å². The first-order valence-corrected chi connectivity index (χ1v) is 9.25. The third-order valence-electron chi connectivity index (χ3n) is 5.08. The second-order valence-electron chi connectivity index (χ2n) is 6.99. The Hall–Kier alpha value is -2.86. The van der Waals surface area contributed by atoms with E-state index in [4.69, 9.17) is 4.74 Å². The van der Waals surface area contributed by atoms with E-state index in [0.29, 0.717) is 0 Å². The molecule has 0 bridgehead atoms. The van der Waals surface area contributed by atoms with E-state index < -0.39 is 0 Å². The maximum absolute atomic E-state index is 12.5. The number of imidazole rings is 1. The molecule has 3 aromatic rings. The summed E-state index contributed by atoms with van der Waals surface area (Å²) in [5.74, 6) is -0.0633. The minimum absolute atomic E-state index is 0.0633. The van der Waals surface area contributed by atoms with Crippen LogP contribution in [0, 0.1) is 13.8 Å². The number of carbonyl (C=O) groups excluding carboxylic acids is 1. The summed E-state index contributed by atoms with van der Waals surface area (Å²) in [6, 6.07) is 12.1. The zero-order valence-electron chi connectivity index (χ0n) is 15.7. The van der Waals surface area contributed by atoms with E-state index in [1.165, 1.54) is 11.1 Å². The van der Waals surface area contributed by atoms with Gasteiger partial charge in [0, 0.05) is 24.5 Å². The van der Waals surface area contributed by atoms with Gasteiger partial charge in [0.15, 0.2) is 0 Å². The number of fused-ring (bicyclic) bond motifs is 1. The molecule has 140 valence electrons. The minimum Gasteiger partial charge on any atom is -0.378 e. The largest absolute Gasteiger partial charge is 0.378 e. The summed E-state index contributed by atoms with van der Waals surface area (Å²) in [6.07, 6.45) is 1.73. The van der Waals surface area contributed by atoms with Gasteiger partial charge in [-0.2, -0.15) is 0 Å². The maximum atomic E-state index is 12.5. The first kappa shape index (κ1) is 17.5. The lowest BCUT2D eigenvalue weighted by atomic mass is 10.1. The quantitative estimate of drug-likeness (QED) is 0.773. The lowest BCUT2D eigenvalue weighted by Crippen LogP contribution is -2.36. The van der Waals surface area contributed by atoms with Crippen molar-refractivity contribution in [2.45, 2.75) is 20.4 Å². The third-order valence-corrected chi connectivity index (χ3v) is 5.08. The number of amides is 1. The van der Waals surface area contributed by atoms with E-state index >= 15 is 0 Å². The third kappa shape index (κ3) is 3.80. The van der Waals surface area contributed by atoms with Gasteiger partial charge >= 0.3 is 0 Å². The molecule has 0 atom stereocenters. The summed E-state index contributed by atoms with van der Waals surface area (Å²) < 4.78 is 7.27. The zero-order chi connectivity index (χ0) is 18.8. The van der Waals surface area contributed by atoms with Crippen LogP contribution >= 0.6 is 0 Å². The Balaban J connectivity index is 1.43. The predicted molar refractivity (Wildman–Crippen MR) is 107 cm³/mol. The molecule has 2 aromatic carbocycles. The number of morpholine rings is 1. The van der Waals surface area contributed by atoms with Crippen molar-refractivity contribution in [1.82, 2.24) is 9.55 Å². The highest BCUT2D eigenvalue weighted by molar-refractivity contribution is 5.91. The second-order valence-corrected chi connectivity index (χ2v) is 6.99. The number of benzene rings is 2. The summed E-state index contributed by atoms with van der Waals surface area (Å²) in [6.45, 7) is 7.71. The van der Waals surface area contributed by atoms with Crippen LogP contribution in [0.1, 0.15) is 11.1 Å². The number of aryl methyl sites for hydroxylation is 2. The number of aromatic nitrogens is 2. The fourth-order valence-corrected chi connectivity index (χ4v) is 3.37. The van der Waals surface area contributed by atoms with Gasteiger partial charge in [0.25, 0.3) is 0 Å². The predicted octanol–water partition coefficient (Wildman–Crippen LogP) is 3.13. The molecule has 0 aliphatic carbocycles. The number of nitrogens with one attached hydrogen (secondary N) is 1. The van der Waals surface area contributed by atoms with Gasteiger partial charge in [0.2, 0.25) is 5.91 Å². The molecule has 1 aromatic heterocycles. The van der Waals surface area contributed by atoms with Crippen LogP contribution in [0.4, 0.5) is 11.4 Å². The topological polar surface area (TPSA) is 59.4 Å². The number of ether oxygens (including phenoxy) is 1. The molecule has 1 fully saturated rings. The molecule has 0 unspecified atom stereocenters. The van der Waals surface area contributed by atoms with Gasteiger partial charge in [0.1, 0.15) is 6.54 Å². The molecule has 6 heteroatoms. The van der Waals surface area contributed by atoms with Crippen LogP contribution in [-0.2, 0) is 16.1 Å². The van der Waals surface area contributed by atoms with Crippen LogP contribution in [0.3, 0.4) is 0 Å². The van der Waals surface area contributed by atoms with E-state index in [2.05, 4.69) is 41.2 Å². The molecule has 0 spiro atoms. The summed E-state index contributed by atoms with van der Waals surface area (Å²) >= 11 is 0. The molecule has 0 saturated carbocycles. The van der Waals surface area contributed by atoms with Crippen molar-refractivity contribution in [3.63, 3.8) is 0 Å². The lowest BCUT2D eigenvalue weighted by molar-refractivity contribution is -0.116. The normalized spacial score (nSPS) is 14.5. The first-order chi connectivity index (χ1) is 13.1. The van der Waals surface area contributed by atoms with Gasteiger partial charge in [-0.3, -0.25) is 4.79 Å². The van der Waals surface area contributed by atoms with E-state index in [1.807, 2.05) is 28.8 Å². The van der Waals surface area contributed by atoms with Gasteiger partial charge in [-0.05, 0) is 61.4 Å². The Bertz CT molecular complexity index is 956. The summed E-state index contributed by atoms with van der Waals surface area (Å²) in [5.41, 5.74) is 6.26. The summed E-state index contributed by atoms with van der Waals surface area (Å²) in [4.78, 5) is 19.2. The zero-order valence-corrected chi connectivity index (χ0v) is 15.7. The molecule has 1 amide bonds. The van der Waals surface area contributed by atoms with Gasteiger partial charge in [-0.25, -0.2) is 4.98 Å². The van der Waals surface area contributed by atoms with Crippen molar-refractivity contribution >= 4 is 28.3 Å². The smallest absolute Gasteiger partial charge is 0.244 e. The summed E-state index contributed by atoms with van der Waals surface area (Å²) in [7, 11) is 0.